The first-order valence-corrected chi connectivity index (χ1v) is 8.75. The van der Waals surface area contributed by atoms with E-state index < -0.39 is 8.56 Å². The quantitative estimate of drug-likeness (QED) is 0.417. The monoisotopic (exact) mass is 232 g/mol. The minimum atomic E-state index is -1.83. The van der Waals surface area contributed by atoms with Crippen LogP contribution in [0.1, 0.15) is 53.4 Å². The second kappa shape index (κ2) is 9.37. The third-order valence-corrected chi connectivity index (χ3v) is 6.61. The molecule has 0 aromatic carbocycles. The lowest BCUT2D eigenvalue weighted by molar-refractivity contribution is 0.181. The van der Waals surface area contributed by atoms with Gasteiger partial charge in [-0.1, -0.05) is 39.5 Å². The molecule has 0 saturated carbocycles. The lowest BCUT2D eigenvalue weighted by Gasteiger charge is -2.29. The summed E-state index contributed by atoms with van der Waals surface area (Å²) in [7, 11) is -1.83. The van der Waals surface area contributed by atoms with Crippen LogP contribution < -0.4 is 0 Å². The molecule has 2 nitrogen and oxygen atoms in total. The van der Waals surface area contributed by atoms with Crippen molar-refractivity contribution in [2.24, 2.45) is 0 Å². The van der Waals surface area contributed by atoms with E-state index in [1.54, 1.807) is 0 Å². The molecule has 92 valence electrons. The van der Waals surface area contributed by atoms with E-state index in [9.17, 15) is 0 Å². The average molecular weight is 232 g/mol. The Bertz CT molecular complexity index is 123. The first kappa shape index (κ1) is 15.1. The second-order valence-electron chi connectivity index (χ2n) is 3.98. The number of rotatable bonds is 10. The zero-order valence-corrected chi connectivity index (χ0v) is 12.0. The molecular formula is C12H28O2Si. The number of unbranched alkanes of at least 4 members (excludes halogenated alkanes) is 2. The summed E-state index contributed by atoms with van der Waals surface area (Å²) in [6.07, 6.45) is 5.02. The Balaban J connectivity index is 4.18. The average Bonchev–Trinajstić information content (AvgIpc) is 2.19. The van der Waals surface area contributed by atoms with Crippen molar-refractivity contribution in [3.05, 3.63) is 0 Å². The number of hydrogen-bond donors (Lipinski definition) is 0. The summed E-state index contributed by atoms with van der Waals surface area (Å²) in [5.41, 5.74) is 0. The highest BCUT2D eigenvalue weighted by Crippen LogP contribution is 2.24. The molecule has 0 rings (SSSR count). The fraction of sp³-hybridized carbons (Fsp3) is 1.00. The molecule has 0 aliphatic carbocycles. The van der Waals surface area contributed by atoms with Gasteiger partial charge in [0.2, 0.25) is 0 Å². The summed E-state index contributed by atoms with van der Waals surface area (Å²) in [5.74, 6) is 0. The fourth-order valence-electron chi connectivity index (χ4n) is 2.01. The van der Waals surface area contributed by atoms with E-state index in [1.165, 1.54) is 31.7 Å². The lowest BCUT2D eigenvalue weighted by Crippen LogP contribution is -2.42. The van der Waals surface area contributed by atoms with Gasteiger partial charge in [0, 0.05) is 13.2 Å². The molecule has 0 atom stereocenters. The standard InChI is InChI=1S/C12H28O2Si/c1-5-9-10-12-15(11-6-2,13-7-3)14-8-4/h5-12H2,1-4H3. The molecule has 0 aromatic rings. The van der Waals surface area contributed by atoms with Crippen LogP contribution in [-0.2, 0) is 8.85 Å². The molecule has 0 aliphatic rings. The SMILES string of the molecule is CCCCC[Si](CCC)(OCC)OCC. The van der Waals surface area contributed by atoms with Gasteiger partial charge in [-0.2, -0.15) is 0 Å². The predicted molar refractivity (Wildman–Crippen MR) is 68.4 cm³/mol. The smallest absolute Gasteiger partial charge is 0.338 e. The highest BCUT2D eigenvalue weighted by atomic mass is 28.4. The van der Waals surface area contributed by atoms with Crippen molar-refractivity contribution in [3.8, 4) is 0 Å². The topological polar surface area (TPSA) is 18.5 Å². The van der Waals surface area contributed by atoms with Crippen molar-refractivity contribution >= 4 is 8.56 Å². The summed E-state index contributed by atoms with van der Waals surface area (Å²) in [6.45, 7) is 10.2. The molecular weight excluding hydrogens is 204 g/mol. The van der Waals surface area contributed by atoms with Crippen LogP contribution in [0.15, 0.2) is 0 Å². The highest BCUT2D eigenvalue weighted by Gasteiger charge is 2.35. The Labute approximate surface area is 96.6 Å². The van der Waals surface area contributed by atoms with Crippen LogP contribution in [0.25, 0.3) is 0 Å². The van der Waals surface area contributed by atoms with Crippen molar-refractivity contribution < 1.29 is 8.85 Å². The molecule has 0 aromatic heterocycles. The minimum Gasteiger partial charge on any atom is -0.394 e. The summed E-state index contributed by atoms with van der Waals surface area (Å²) in [6, 6.07) is 2.33. The molecule has 0 amide bonds. The van der Waals surface area contributed by atoms with Crippen molar-refractivity contribution in [1.82, 2.24) is 0 Å². The van der Waals surface area contributed by atoms with E-state index in [2.05, 4.69) is 27.7 Å². The summed E-state index contributed by atoms with van der Waals surface area (Å²) < 4.78 is 11.9. The van der Waals surface area contributed by atoms with E-state index in [1.807, 2.05) is 0 Å². The minimum absolute atomic E-state index is 0.804. The molecule has 0 fully saturated rings. The van der Waals surface area contributed by atoms with Crippen LogP contribution in [-0.4, -0.2) is 21.8 Å². The van der Waals surface area contributed by atoms with Crippen molar-refractivity contribution in [2.75, 3.05) is 13.2 Å². The Kier molecular flexibility index (Phi) is 9.45. The molecule has 0 N–H and O–H groups in total. The van der Waals surface area contributed by atoms with Gasteiger partial charge in [0.25, 0.3) is 0 Å². The third kappa shape index (κ3) is 6.33. The predicted octanol–water partition coefficient (Wildman–Crippen LogP) is 4.10. The van der Waals surface area contributed by atoms with Crippen molar-refractivity contribution in [2.45, 2.75) is 65.5 Å². The first-order chi connectivity index (χ1) is 7.24. The van der Waals surface area contributed by atoms with Gasteiger partial charge in [0.15, 0.2) is 0 Å². The second-order valence-corrected chi connectivity index (χ2v) is 7.38. The Morgan fingerprint density at radius 3 is 1.73 bits per heavy atom. The number of hydrogen-bond acceptors (Lipinski definition) is 2. The summed E-state index contributed by atoms with van der Waals surface area (Å²) >= 11 is 0. The molecule has 15 heavy (non-hydrogen) atoms. The summed E-state index contributed by atoms with van der Waals surface area (Å²) in [5, 5.41) is 0. The molecule has 0 spiro atoms. The van der Waals surface area contributed by atoms with Gasteiger partial charge in [0.05, 0.1) is 0 Å². The normalized spacial score (nSPS) is 12.0. The van der Waals surface area contributed by atoms with Gasteiger partial charge >= 0.3 is 8.56 Å². The van der Waals surface area contributed by atoms with Crippen molar-refractivity contribution in [1.29, 1.82) is 0 Å². The Hall–Kier alpha value is 0.137. The largest absolute Gasteiger partial charge is 0.394 e. The maximum Gasteiger partial charge on any atom is 0.338 e. The van der Waals surface area contributed by atoms with E-state index >= 15 is 0 Å². The van der Waals surface area contributed by atoms with Gasteiger partial charge in [0.1, 0.15) is 0 Å². The van der Waals surface area contributed by atoms with E-state index in [0.717, 1.165) is 19.3 Å². The lowest BCUT2D eigenvalue weighted by atomic mass is 10.3. The molecule has 0 bridgehead atoms. The Morgan fingerprint density at radius 1 is 0.733 bits per heavy atom. The molecule has 0 radical (unpaired) electrons. The van der Waals surface area contributed by atoms with Gasteiger partial charge < -0.3 is 8.85 Å². The molecule has 0 unspecified atom stereocenters. The van der Waals surface area contributed by atoms with Crippen LogP contribution in [0.3, 0.4) is 0 Å². The van der Waals surface area contributed by atoms with E-state index in [-0.39, 0.29) is 0 Å². The van der Waals surface area contributed by atoms with Crippen LogP contribution in [0.4, 0.5) is 0 Å². The van der Waals surface area contributed by atoms with Crippen LogP contribution in [0, 0.1) is 0 Å². The van der Waals surface area contributed by atoms with E-state index in [0.29, 0.717) is 0 Å². The van der Waals surface area contributed by atoms with Crippen LogP contribution in [0.5, 0.6) is 0 Å². The zero-order chi connectivity index (χ0) is 11.6. The van der Waals surface area contributed by atoms with E-state index in [4.69, 9.17) is 8.85 Å². The third-order valence-electron chi connectivity index (χ3n) is 2.61. The molecule has 0 saturated heterocycles. The van der Waals surface area contributed by atoms with Gasteiger partial charge in [-0.25, -0.2) is 0 Å². The zero-order valence-electron chi connectivity index (χ0n) is 11.0. The molecule has 3 heteroatoms. The maximum atomic E-state index is 5.97. The van der Waals surface area contributed by atoms with Crippen LogP contribution >= 0.6 is 0 Å². The summed E-state index contributed by atoms with van der Waals surface area (Å²) in [4.78, 5) is 0. The highest BCUT2D eigenvalue weighted by molar-refractivity contribution is 6.67. The van der Waals surface area contributed by atoms with Crippen LogP contribution in [0.2, 0.25) is 12.1 Å². The molecule has 0 heterocycles. The van der Waals surface area contributed by atoms with Gasteiger partial charge in [-0.15, -0.1) is 0 Å². The Morgan fingerprint density at radius 2 is 1.33 bits per heavy atom. The van der Waals surface area contributed by atoms with Gasteiger partial charge in [-0.3, -0.25) is 0 Å². The fourth-order valence-corrected chi connectivity index (χ4v) is 5.52. The first-order valence-electron chi connectivity index (χ1n) is 6.52. The van der Waals surface area contributed by atoms with Gasteiger partial charge in [-0.05, 0) is 25.9 Å². The maximum absolute atomic E-state index is 5.97. The van der Waals surface area contributed by atoms with Crippen molar-refractivity contribution in [3.63, 3.8) is 0 Å². The molecule has 0 aliphatic heterocycles.